The van der Waals surface area contributed by atoms with Gasteiger partial charge in [0.2, 0.25) is 0 Å². The summed E-state index contributed by atoms with van der Waals surface area (Å²) < 4.78 is 2.17. The fourth-order valence-corrected chi connectivity index (χ4v) is 4.43. The monoisotopic (exact) mass is 198 g/mol. The van der Waals surface area contributed by atoms with Crippen LogP contribution in [-0.4, -0.2) is 30.6 Å². The Labute approximate surface area is 80.5 Å². The Kier molecular flexibility index (Phi) is 2.74. The molecule has 1 fully saturated rings. The van der Waals surface area contributed by atoms with Gasteiger partial charge in [-0.3, -0.25) is 0 Å². The van der Waals surface area contributed by atoms with Crippen LogP contribution in [0.4, 0.5) is 0 Å². The number of rotatable bonds is 0. The Morgan fingerprint density at radius 1 is 1.50 bits per heavy atom. The molecule has 1 nitrogen and oxygen atoms in total. The summed E-state index contributed by atoms with van der Waals surface area (Å²) in [4.78, 5) is 0. The molecule has 12 heavy (non-hydrogen) atoms. The molecule has 0 aromatic rings. The van der Waals surface area contributed by atoms with Crippen molar-refractivity contribution in [2.75, 3.05) is 19.9 Å². The van der Waals surface area contributed by atoms with Crippen LogP contribution in [0.15, 0.2) is 0 Å². The highest BCUT2D eigenvalue weighted by molar-refractivity contribution is 8.52. The van der Waals surface area contributed by atoms with Crippen molar-refractivity contribution >= 4 is 18.9 Å². The van der Waals surface area contributed by atoms with Gasteiger partial charge in [0.25, 0.3) is 0 Å². The van der Waals surface area contributed by atoms with E-state index < -0.39 is 6.62 Å². The van der Waals surface area contributed by atoms with E-state index in [1.54, 1.807) is 0 Å². The predicted octanol–water partition coefficient (Wildman–Crippen LogP) is 1.59. The summed E-state index contributed by atoms with van der Waals surface area (Å²) >= 11 is 4.62. The average molecular weight is 198 g/mol. The number of hydrogen-bond donors (Lipinski definition) is 1. The molecular weight excluding hydrogens is 185 g/mol. The highest BCUT2D eigenvalue weighted by Gasteiger charge is 2.50. The molecular formula is C9H13NPS+. The summed E-state index contributed by atoms with van der Waals surface area (Å²) in [5.41, 5.74) is 0. The molecule has 1 heterocycles. The molecule has 1 aliphatic rings. The second-order valence-corrected chi connectivity index (χ2v) is 8.99. The van der Waals surface area contributed by atoms with Crippen LogP contribution in [0, 0.1) is 30.6 Å². The van der Waals surface area contributed by atoms with E-state index >= 15 is 0 Å². The van der Waals surface area contributed by atoms with Gasteiger partial charge in [0.1, 0.15) is 18.8 Å². The second-order valence-electron chi connectivity index (χ2n) is 3.23. The second kappa shape index (κ2) is 3.31. The molecule has 0 bridgehead atoms. The first kappa shape index (κ1) is 9.94. The largest absolute Gasteiger partial charge is 0.157 e. The first-order chi connectivity index (χ1) is 5.53. The van der Waals surface area contributed by atoms with Gasteiger partial charge < -0.3 is 0 Å². The Bertz CT molecular complexity index is 261. The summed E-state index contributed by atoms with van der Waals surface area (Å²) in [6, 6.07) is 0.0887. The fourth-order valence-electron chi connectivity index (χ4n) is 1.50. The van der Waals surface area contributed by atoms with Crippen molar-refractivity contribution < 1.29 is 0 Å². The average Bonchev–Trinajstić information content (AvgIpc) is 2.24. The first-order valence-corrected chi connectivity index (χ1v) is 7.29. The minimum atomic E-state index is -1.29. The Morgan fingerprint density at radius 2 is 2.08 bits per heavy atom. The smallest absolute Gasteiger partial charge is 0.138 e. The molecule has 0 saturated carbocycles. The van der Waals surface area contributed by atoms with Crippen molar-refractivity contribution in [3.63, 3.8) is 0 Å². The Hall–Kier alpha value is -0.140. The lowest BCUT2D eigenvalue weighted by Crippen LogP contribution is -2.25. The summed E-state index contributed by atoms with van der Waals surface area (Å²) in [6.45, 7) is 0.864. The zero-order valence-electron chi connectivity index (χ0n) is 7.36. The van der Waals surface area contributed by atoms with Gasteiger partial charge in [0.15, 0.2) is 0 Å². The molecule has 0 radical (unpaired) electrons. The third-order valence-corrected chi connectivity index (χ3v) is 6.42. The van der Waals surface area contributed by atoms with Crippen LogP contribution in [0.25, 0.3) is 0 Å². The summed E-state index contributed by atoms with van der Waals surface area (Å²) in [5, 5.41) is 0. The molecule has 3 unspecified atom stereocenters. The van der Waals surface area contributed by atoms with Gasteiger partial charge in [-0.1, -0.05) is 11.8 Å². The van der Waals surface area contributed by atoms with Crippen molar-refractivity contribution in [3.05, 3.63) is 0 Å². The van der Waals surface area contributed by atoms with Gasteiger partial charge in [0, 0.05) is 19.3 Å². The van der Waals surface area contributed by atoms with Crippen molar-refractivity contribution in [2.45, 2.75) is 6.04 Å². The summed E-state index contributed by atoms with van der Waals surface area (Å²) in [5.74, 6) is 5.67. The van der Waals surface area contributed by atoms with E-state index in [1.807, 2.05) is 7.05 Å². The molecule has 1 aliphatic heterocycles. The normalized spacial score (nSPS) is 42.1. The molecule has 64 valence electrons. The van der Waals surface area contributed by atoms with Gasteiger partial charge in [-0.25, -0.2) is 0 Å². The summed E-state index contributed by atoms with van der Waals surface area (Å²) in [7, 11) is 2.02. The molecule has 1 rings (SSSR count). The van der Waals surface area contributed by atoms with Crippen molar-refractivity contribution in [1.82, 2.24) is 4.67 Å². The maximum Gasteiger partial charge on any atom is 0.138 e. The standard InChI is InChI=1S/C9H13NPS/c1-5-8-7-11(4,12)10(3)9(8)6-2/h1-2,8-9,12H,7H2,3-4H3/q+1. The lowest BCUT2D eigenvalue weighted by molar-refractivity contribution is 0.456. The van der Waals surface area contributed by atoms with E-state index in [-0.39, 0.29) is 12.0 Å². The number of hydrogen-bond acceptors (Lipinski definition) is 2. The number of nitrogens with zero attached hydrogens (tertiary/aromatic N) is 1. The summed E-state index contributed by atoms with van der Waals surface area (Å²) in [6.07, 6.45) is 11.8. The maximum atomic E-state index is 5.41. The minimum absolute atomic E-state index is 0.0887. The molecule has 0 spiro atoms. The van der Waals surface area contributed by atoms with Crippen LogP contribution in [0.1, 0.15) is 0 Å². The quantitative estimate of drug-likeness (QED) is 0.351. The van der Waals surface area contributed by atoms with Crippen LogP contribution in [0.2, 0.25) is 0 Å². The van der Waals surface area contributed by atoms with Crippen LogP contribution in [-0.2, 0) is 0 Å². The third kappa shape index (κ3) is 1.48. The van der Waals surface area contributed by atoms with Crippen molar-refractivity contribution in [3.8, 4) is 24.7 Å². The van der Waals surface area contributed by atoms with E-state index in [4.69, 9.17) is 12.8 Å². The van der Waals surface area contributed by atoms with Gasteiger partial charge in [-0.05, 0) is 0 Å². The molecule has 0 amide bonds. The zero-order chi connectivity index (χ0) is 9.35. The van der Waals surface area contributed by atoms with Gasteiger partial charge in [0.05, 0.1) is 12.6 Å². The molecule has 3 atom stereocenters. The predicted molar refractivity (Wildman–Crippen MR) is 59.4 cm³/mol. The third-order valence-electron chi connectivity index (χ3n) is 2.39. The molecule has 3 heteroatoms. The van der Waals surface area contributed by atoms with E-state index in [9.17, 15) is 0 Å². The SMILES string of the molecule is C#CC1C[P+](C)(S)N(C)C1C#C. The number of terminal acetylenes is 2. The van der Waals surface area contributed by atoms with E-state index in [0.29, 0.717) is 0 Å². The van der Waals surface area contributed by atoms with E-state index in [1.165, 1.54) is 0 Å². The molecule has 0 aliphatic carbocycles. The molecule has 0 N–H and O–H groups in total. The van der Waals surface area contributed by atoms with Crippen LogP contribution >= 0.6 is 18.9 Å². The Morgan fingerprint density at radius 3 is 2.42 bits per heavy atom. The van der Waals surface area contributed by atoms with Crippen LogP contribution in [0.5, 0.6) is 0 Å². The lowest BCUT2D eigenvalue weighted by atomic mass is 10.0. The molecule has 1 saturated heterocycles. The molecule has 0 aromatic carbocycles. The van der Waals surface area contributed by atoms with E-state index in [2.05, 4.69) is 35.4 Å². The highest BCUT2D eigenvalue weighted by atomic mass is 32.7. The minimum Gasteiger partial charge on any atom is -0.157 e. The zero-order valence-corrected chi connectivity index (χ0v) is 9.15. The molecule has 0 aromatic heterocycles. The van der Waals surface area contributed by atoms with Crippen molar-refractivity contribution in [1.29, 1.82) is 0 Å². The van der Waals surface area contributed by atoms with Crippen LogP contribution in [0.3, 0.4) is 0 Å². The number of thiol groups is 1. The lowest BCUT2D eigenvalue weighted by Gasteiger charge is -2.19. The Balaban J connectivity index is 2.90. The van der Waals surface area contributed by atoms with Gasteiger partial charge in [-0.2, -0.15) is 4.67 Å². The topological polar surface area (TPSA) is 3.24 Å². The van der Waals surface area contributed by atoms with E-state index in [0.717, 1.165) is 6.16 Å². The first-order valence-electron chi connectivity index (χ1n) is 3.77. The van der Waals surface area contributed by atoms with Crippen molar-refractivity contribution in [2.24, 2.45) is 5.92 Å². The fraction of sp³-hybridized carbons (Fsp3) is 0.556. The van der Waals surface area contributed by atoms with Crippen LogP contribution < -0.4 is 0 Å². The maximum absolute atomic E-state index is 5.41. The van der Waals surface area contributed by atoms with Gasteiger partial charge in [-0.15, -0.1) is 12.8 Å². The van der Waals surface area contributed by atoms with Gasteiger partial charge >= 0.3 is 0 Å². The highest BCUT2D eigenvalue weighted by Crippen LogP contribution is 2.68.